The highest BCUT2D eigenvalue weighted by atomic mass is 19.3. The average Bonchev–Trinajstić information content (AvgIpc) is 2.46. The second-order valence-electron chi connectivity index (χ2n) is 3.07. The van der Waals surface area contributed by atoms with Crippen LogP contribution in [0.3, 0.4) is 0 Å². The molecule has 0 radical (unpaired) electrons. The Kier molecular flexibility index (Phi) is 4.48. The van der Waals surface area contributed by atoms with Crippen molar-refractivity contribution < 1.29 is 18.3 Å². The number of methoxy groups -OCH3 is 1. The minimum Gasteiger partial charge on any atom is -0.474 e. The highest BCUT2D eigenvalue weighted by molar-refractivity contribution is 5.20. The maximum absolute atomic E-state index is 12.0. The molecule has 1 heterocycles. The normalized spacial score (nSPS) is 11.0. The van der Waals surface area contributed by atoms with Crippen molar-refractivity contribution in [3.05, 3.63) is 11.8 Å². The van der Waals surface area contributed by atoms with E-state index in [1.165, 1.54) is 10.9 Å². The van der Waals surface area contributed by atoms with E-state index in [1.807, 2.05) is 0 Å². The molecule has 0 aromatic carbocycles. The maximum atomic E-state index is 12.0. The Morgan fingerprint density at radius 1 is 1.47 bits per heavy atom. The van der Waals surface area contributed by atoms with E-state index < -0.39 is 13.0 Å². The van der Waals surface area contributed by atoms with Crippen LogP contribution in [0.2, 0.25) is 0 Å². The van der Waals surface area contributed by atoms with Gasteiger partial charge in [-0.3, -0.25) is 4.68 Å². The van der Waals surface area contributed by atoms with Crippen LogP contribution in [0, 0.1) is 6.92 Å². The van der Waals surface area contributed by atoms with Gasteiger partial charge in [-0.2, -0.15) is 0 Å². The van der Waals surface area contributed by atoms with Crippen LogP contribution < -0.4 is 4.74 Å². The van der Waals surface area contributed by atoms with Crippen LogP contribution in [0.1, 0.15) is 5.56 Å². The summed E-state index contributed by atoms with van der Waals surface area (Å²) in [5.41, 5.74) is 0.742. The molecule has 86 valence electrons. The quantitative estimate of drug-likeness (QED) is 0.681. The average molecular weight is 220 g/mol. The highest BCUT2D eigenvalue weighted by Crippen LogP contribution is 2.14. The first-order valence-corrected chi connectivity index (χ1v) is 4.57. The van der Waals surface area contributed by atoms with Crippen molar-refractivity contribution in [2.75, 3.05) is 20.3 Å². The molecule has 0 N–H and O–H groups in total. The summed E-state index contributed by atoms with van der Waals surface area (Å²) >= 11 is 0. The van der Waals surface area contributed by atoms with Crippen molar-refractivity contribution in [1.82, 2.24) is 9.78 Å². The van der Waals surface area contributed by atoms with Crippen LogP contribution in [0.4, 0.5) is 8.78 Å². The molecule has 15 heavy (non-hydrogen) atoms. The fraction of sp³-hybridized carbons (Fsp3) is 0.667. The zero-order valence-corrected chi connectivity index (χ0v) is 8.74. The smallest absolute Gasteiger partial charge is 0.257 e. The number of hydrogen-bond acceptors (Lipinski definition) is 3. The van der Waals surface area contributed by atoms with E-state index in [0.717, 1.165) is 5.56 Å². The summed E-state index contributed by atoms with van der Waals surface area (Å²) in [4.78, 5) is 0. The lowest BCUT2D eigenvalue weighted by Gasteiger charge is -2.02. The Morgan fingerprint density at radius 2 is 2.20 bits per heavy atom. The number of aromatic nitrogens is 2. The Morgan fingerprint density at radius 3 is 2.80 bits per heavy atom. The monoisotopic (exact) mass is 220 g/mol. The van der Waals surface area contributed by atoms with Crippen LogP contribution in [0.25, 0.3) is 0 Å². The largest absolute Gasteiger partial charge is 0.474 e. The minimum atomic E-state index is -2.41. The van der Waals surface area contributed by atoms with Crippen LogP contribution in [0.5, 0.6) is 5.88 Å². The topological polar surface area (TPSA) is 36.3 Å². The third kappa shape index (κ3) is 3.83. The van der Waals surface area contributed by atoms with Gasteiger partial charge in [0.15, 0.2) is 0 Å². The zero-order chi connectivity index (χ0) is 11.3. The van der Waals surface area contributed by atoms with Gasteiger partial charge in [-0.15, -0.1) is 5.10 Å². The number of ether oxygens (including phenoxy) is 2. The van der Waals surface area contributed by atoms with Gasteiger partial charge in [0.1, 0.15) is 13.2 Å². The molecule has 0 aliphatic heterocycles. The first-order chi connectivity index (χ1) is 7.13. The molecule has 0 atom stereocenters. The van der Waals surface area contributed by atoms with Crippen LogP contribution in [-0.4, -0.2) is 36.5 Å². The number of halogens is 2. The molecule has 1 aromatic rings. The maximum Gasteiger partial charge on any atom is 0.257 e. The van der Waals surface area contributed by atoms with Gasteiger partial charge in [0.25, 0.3) is 6.43 Å². The minimum absolute atomic E-state index is 0.364. The molecule has 0 amide bonds. The summed E-state index contributed by atoms with van der Waals surface area (Å²) in [6.45, 7) is 2.16. The lowest BCUT2D eigenvalue weighted by atomic mass is 10.4. The SMILES string of the molecule is COCCOc1nn(CC(F)F)cc1C. The van der Waals surface area contributed by atoms with Crippen LogP contribution >= 0.6 is 0 Å². The number of alkyl halides is 2. The fourth-order valence-corrected chi connectivity index (χ4v) is 1.10. The molecule has 0 saturated carbocycles. The Bertz CT molecular complexity index is 302. The first-order valence-electron chi connectivity index (χ1n) is 4.57. The van der Waals surface area contributed by atoms with Gasteiger partial charge in [-0.25, -0.2) is 8.78 Å². The molecule has 0 bridgehead atoms. The lowest BCUT2D eigenvalue weighted by molar-refractivity contribution is 0.119. The molecule has 0 aliphatic rings. The van der Waals surface area contributed by atoms with E-state index in [9.17, 15) is 8.78 Å². The second-order valence-corrected chi connectivity index (χ2v) is 3.07. The summed E-state index contributed by atoms with van der Waals surface area (Å²) in [7, 11) is 1.56. The molecular formula is C9H14F2N2O2. The van der Waals surface area contributed by atoms with Crippen molar-refractivity contribution in [1.29, 1.82) is 0 Å². The van der Waals surface area contributed by atoms with Gasteiger partial charge in [0, 0.05) is 18.9 Å². The number of hydrogen-bond donors (Lipinski definition) is 0. The summed E-state index contributed by atoms with van der Waals surface area (Å²) in [6, 6.07) is 0. The molecule has 0 unspecified atom stereocenters. The van der Waals surface area contributed by atoms with Crippen molar-refractivity contribution in [2.45, 2.75) is 19.9 Å². The second kappa shape index (κ2) is 5.65. The van der Waals surface area contributed by atoms with Gasteiger partial charge in [0.2, 0.25) is 5.88 Å². The van der Waals surface area contributed by atoms with Gasteiger partial charge < -0.3 is 9.47 Å². The Labute approximate surface area is 86.8 Å². The molecule has 0 spiro atoms. The molecule has 0 aliphatic carbocycles. The molecule has 6 heteroatoms. The Hall–Kier alpha value is -1.17. The fourth-order valence-electron chi connectivity index (χ4n) is 1.10. The summed E-state index contributed by atoms with van der Waals surface area (Å²) in [5, 5.41) is 3.88. The van der Waals surface area contributed by atoms with E-state index >= 15 is 0 Å². The summed E-state index contributed by atoms with van der Waals surface area (Å²) in [5.74, 6) is 0.382. The molecule has 4 nitrogen and oxygen atoms in total. The van der Waals surface area contributed by atoms with Crippen molar-refractivity contribution in [2.24, 2.45) is 0 Å². The standard InChI is InChI=1S/C9H14F2N2O2/c1-7-5-13(6-8(10)11)12-9(7)15-4-3-14-2/h5,8H,3-4,6H2,1-2H3. The van der Waals surface area contributed by atoms with Crippen LogP contribution in [-0.2, 0) is 11.3 Å². The van der Waals surface area contributed by atoms with E-state index in [-0.39, 0.29) is 0 Å². The van der Waals surface area contributed by atoms with E-state index in [0.29, 0.717) is 19.1 Å². The zero-order valence-electron chi connectivity index (χ0n) is 8.74. The van der Waals surface area contributed by atoms with E-state index in [1.54, 1.807) is 14.0 Å². The molecule has 1 aromatic heterocycles. The molecular weight excluding hydrogens is 206 g/mol. The predicted octanol–water partition coefficient (Wildman–Crippen LogP) is 1.48. The van der Waals surface area contributed by atoms with Crippen molar-refractivity contribution >= 4 is 0 Å². The third-order valence-electron chi connectivity index (χ3n) is 1.75. The lowest BCUT2D eigenvalue weighted by Crippen LogP contribution is -2.08. The predicted molar refractivity (Wildman–Crippen MR) is 50.3 cm³/mol. The summed E-state index contributed by atoms with van der Waals surface area (Å²) < 4.78 is 35.3. The molecule has 0 saturated heterocycles. The molecule has 1 rings (SSSR count). The first kappa shape index (κ1) is 11.9. The van der Waals surface area contributed by atoms with Crippen molar-refractivity contribution in [3.63, 3.8) is 0 Å². The van der Waals surface area contributed by atoms with Gasteiger partial charge >= 0.3 is 0 Å². The number of rotatable bonds is 6. The van der Waals surface area contributed by atoms with Gasteiger partial charge in [0.05, 0.1) is 6.61 Å². The van der Waals surface area contributed by atoms with Crippen molar-refractivity contribution in [3.8, 4) is 5.88 Å². The molecule has 0 fully saturated rings. The van der Waals surface area contributed by atoms with Crippen LogP contribution in [0.15, 0.2) is 6.20 Å². The van der Waals surface area contributed by atoms with E-state index in [4.69, 9.17) is 9.47 Å². The van der Waals surface area contributed by atoms with Gasteiger partial charge in [-0.05, 0) is 6.92 Å². The summed E-state index contributed by atoms with van der Waals surface area (Å²) in [6.07, 6.45) is -0.870. The third-order valence-corrected chi connectivity index (χ3v) is 1.75. The Balaban J connectivity index is 2.53. The van der Waals surface area contributed by atoms with E-state index in [2.05, 4.69) is 5.10 Å². The van der Waals surface area contributed by atoms with Gasteiger partial charge in [-0.1, -0.05) is 0 Å². The highest BCUT2D eigenvalue weighted by Gasteiger charge is 2.09. The number of nitrogens with zero attached hydrogens (tertiary/aromatic N) is 2. The number of aryl methyl sites for hydroxylation is 1.